The van der Waals surface area contributed by atoms with Gasteiger partial charge in [0.25, 0.3) is 0 Å². The van der Waals surface area contributed by atoms with E-state index in [1.807, 2.05) is 49.4 Å². The van der Waals surface area contributed by atoms with Gasteiger partial charge >= 0.3 is 0 Å². The van der Waals surface area contributed by atoms with Crippen molar-refractivity contribution >= 4 is 11.9 Å². The third kappa shape index (κ3) is 4.12. The van der Waals surface area contributed by atoms with Crippen molar-refractivity contribution in [1.29, 1.82) is 0 Å². The van der Waals surface area contributed by atoms with Crippen LogP contribution in [0.3, 0.4) is 0 Å². The molecule has 2 aromatic rings. The number of rotatable bonds is 6. The van der Waals surface area contributed by atoms with Crippen molar-refractivity contribution in [3.8, 4) is 5.75 Å². The van der Waals surface area contributed by atoms with Crippen LogP contribution in [0.25, 0.3) is 0 Å². The molecule has 2 rings (SSSR count). The SMILES string of the molecule is CCCOc1cc(C=NNc2ccccc2)ccc1C. The molecule has 3 heteroatoms. The molecule has 0 spiro atoms. The molecular formula is C17H20N2O. The zero-order chi connectivity index (χ0) is 14.2. The molecule has 0 aliphatic heterocycles. The van der Waals surface area contributed by atoms with E-state index in [4.69, 9.17) is 4.74 Å². The largest absolute Gasteiger partial charge is 0.493 e. The molecule has 20 heavy (non-hydrogen) atoms. The monoisotopic (exact) mass is 268 g/mol. The zero-order valence-corrected chi connectivity index (χ0v) is 12.0. The van der Waals surface area contributed by atoms with Gasteiger partial charge in [0.2, 0.25) is 0 Å². The van der Waals surface area contributed by atoms with Crippen LogP contribution in [-0.4, -0.2) is 12.8 Å². The van der Waals surface area contributed by atoms with Crippen LogP contribution in [0.15, 0.2) is 53.6 Å². The van der Waals surface area contributed by atoms with E-state index in [1.54, 1.807) is 6.21 Å². The summed E-state index contributed by atoms with van der Waals surface area (Å²) in [5.74, 6) is 0.926. The third-order valence-electron chi connectivity index (χ3n) is 2.85. The first-order chi connectivity index (χ1) is 9.79. The second-order valence-corrected chi connectivity index (χ2v) is 4.61. The van der Waals surface area contributed by atoms with Crippen molar-refractivity contribution in [3.05, 3.63) is 59.7 Å². The molecular weight excluding hydrogens is 248 g/mol. The quantitative estimate of drug-likeness (QED) is 0.628. The Bertz CT molecular complexity index is 564. The van der Waals surface area contributed by atoms with E-state index in [0.29, 0.717) is 0 Å². The highest BCUT2D eigenvalue weighted by molar-refractivity contribution is 5.81. The third-order valence-corrected chi connectivity index (χ3v) is 2.85. The van der Waals surface area contributed by atoms with Crippen LogP contribution in [0.4, 0.5) is 5.69 Å². The summed E-state index contributed by atoms with van der Waals surface area (Å²) in [6.45, 7) is 4.89. The number of nitrogens with one attached hydrogen (secondary N) is 1. The maximum atomic E-state index is 5.71. The molecule has 0 atom stereocenters. The molecule has 0 aliphatic carbocycles. The van der Waals surface area contributed by atoms with E-state index in [-0.39, 0.29) is 0 Å². The topological polar surface area (TPSA) is 33.6 Å². The van der Waals surface area contributed by atoms with Crippen LogP contribution in [0.2, 0.25) is 0 Å². The van der Waals surface area contributed by atoms with Gasteiger partial charge in [-0.2, -0.15) is 5.10 Å². The van der Waals surface area contributed by atoms with Crippen LogP contribution < -0.4 is 10.2 Å². The number of benzene rings is 2. The molecule has 0 aromatic heterocycles. The number of para-hydroxylation sites is 1. The Kier molecular flexibility index (Phi) is 5.18. The minimum atomic E-state index is 0.740. The van der Waals surface area contributed by atoms with Crippen LogP contribution in [0.1, 0.15) is 24.5 Å². The molecule has 0 saturated carbocycles. The fraction of sp³-hybridized carbons (Fsp3) is 0.235. The van der Waals surface area contributed by atoms with Gasteiger partial charge in [-0.1, -0.05) is 37.3 Å². The first-order valence-corrected chi connectivity index (χ1v) is 6.87. The van der Waals surface area contributed by atoms with Gasteiger partial charge in [-0.15, -0.1) is 0 Å². The van der Waals surface area contributed by atoms with Gasteiger partial charge < -0.3 is 4.74 Å². The molecule has 0 heterocycles. The summed E-state index contributed by atoms with van der Waals surface area (Å²) in [4.78, 5) is 0. The molecule has 0 fully saturated rings. The van der Waals surface area contributed by atoms with Gasteiger partial charge in [0.1, 0.15) is 5.75 Å². The minimum Gasteiger partial charge on any atom is -0.493 e. The second-order valence-electron chi connectivity index (χ2n) is 4.61. The maximum absolute atomic E-state index is 5.71. The summed E-state index contributed by atoms with van der Waals surface area (Å²) in [6, 6.07) is 16.0. The van der Waals surface area contributed by atoms with E-state index in [9.17, 15) is 0 Å². The fourth-order valence-electron chi connectivity index (χ4n) is 1.76. The highest BCUT2D eigenvalue weighted by atomic mass is 16.5. The maximum Gasteiger partial charge on any atom is 0.122 e. The van der Waals surface area contributed by atoms with E-state index in [2.05, 4.69) is 23.5 Å². The lowest BCUT2D eigenvalue weighted by molar-refractivity contribution is 0.315. The van der Waals surface area contributed by atoms with Crippen molar-refractivity contribution in [3.63, 3.8) is 0 Å². The van der Waals surface area contributed by atoms with Gasteiger partial charge in [-0.25, -0.2) is 0 Å². The molecule has 0 radical (unpaired) electrons. The van der Waals surface area contributed by atoms with Crippen LogP contribution in [0, 0.1) is 6.92 Å². The molecule has 104 valence electrons. The van der Waals surface area contributed by atoms with Crippen molar-refractivity contribution in [2.24, 2.45) is 5.10 Å². The van der Waals surface area contributed by atoms with Gasteiger partial charge in [0, 0.05) is 0 Å². The Morgan fingerprint density at radius 1 is 1.15 bits per heavy atom. The van der Waals surface area contributed by atoms with Crippen molar-refractivity contribution in [1.82, 2.24) is 0 Å². The predicted octanol–water partition coefficient (Wildman–Crippen LogP) is 4.23. The van der Waals surface area contributed by atoms with Crippen LogP contribution in [0.5, 0.6) is 5.75 Å². The minimum absolute atomic E-state index is 0.740. The van der Waals surface area contributed by atoms with Crippen molar-refractivity contribution in [2.75, 3.05) is 12.0 Å². The Hall–Kier alpha value is -2.29. The molecule has 2 aromatic carbocycles. The highest BCUT2D eigenvalue weighted by Crippen LogP contribution is 2.19. The van der Waals surface area contributed by atoms with E-state index < -0.39 is 0 Å². The number of anilines is 1. The number of hydrogen-bond donors (Lipinski definition) is 1. The van der Waals surface area contributed by atoms with Crippen molar-refractivity contribution in [2.45, 2.75) is 20.3 Å². The molecule has 0 saturated heterocycles. The van der Waals surface area contributed by atoms with Gasteiger partial charge in [0.15, 0.2) is 0 Å². The summed E-state index contributed by atoms with van der Waals surface area (Å²) in [6.07, 6.45) is 2.80. The molecule has 0 unspecified atom stereocenters. The molecule has 0 aliphatic rings. The van der Waals surface area contributed by atoms with E-state index in [1.165, 1.54) is 0 Å². The van der Waals surface area contributed by atoms with Crippen LogP contribution in [-0.2, 0) is 0 Å². The Morgan fingerprint density at radius 3 is 2.70 bits per heavy atom. The normalized spacial score (nSPS) is 10.7. The summed E-state index contributed by atoms with van der Waals surface area (Å²) in [7, 11) is 0. The smallest absolute Gasteiger partial charge is 0.122 e. The summed E-state index contributed by atoms with van der Waals surface area (Å²) in [5.41, 5.74) is 6.13. The lowest BCUT2D eigenvalue weighted by Gasteiger charge is -2.08. The van der Waals surface area contributed by atoms with Gasteiger partial charge in [-0.3, -0.25) is 5.43 Å². The van der Waals surface area contributed by atoms with Gasteiger partial charge in [-0.05, 0) is 42.7 Å². The number of nitrogens with zero attached hydrogens (tertiary/aromatic N) is 1. The number of hydrogen-bond acceptors (Lipinski definition) is 3. The standard InChI is InChI=1S/C17H20N2O/c1-3-11-20-17-12-15(10-9-14(17)2)13-18-19-16-7-5-4-6-8-16/h4-10,12-13,19H,3,11H2,1-2H3. The van der Waals surface area contributed by atoms with E-state index >= 15 is 0 Å². The predicted molar refractivity (Wildman–Crippen MR) is 84.6 cm³/mol. The molecule has 3 nitrogen and oxygen atoms in total. The van der Waals surface area contributed by atoms with Gasteiger partial charge in [0.05, 0.1) is 18.5 Å². The summed E-state index contributed by atoms with van der Waals surface area (Å²) < 4.78 is 5.71. The van der Waals surface area contributed by atoms with E-state index in [0.717, 1.165) is 35.6 Å². The number of aryl methyl sites for hydroxylation is 1. The number of ether oxygens (including phenoxy) is 1. The highest BCUT2D eigenvalue weighted by Gasteiger charge is 2.00. The van der Waals surface area contributed by atoms with Crippen LogP contribution >= 0.6 is 0 Å². The molecule has 0 amide bonds. The Labute approximate surface area is 120 Å². The average Bonchev–Trinajstić information content (AvgIpc) is 2.49. The summed E-state index contributed by atoms with van der Waals surface area (Å²) >= 11 is 0. The zero-order valence-electron chi connectivity index (χ0n) is 12.0. The Morgan fingerprint density at radius 2 is 1.95 bits per heavy atom. The molecule has 0 bridgehead atoms. The lowest BCUT2D eigenvalue weighted by atomic mass is 10.1. The Balaban J connectivity index is 2.02. The second kappa shape index (κ2) is 7.34. The van der Waals surface area contributed by atoms with Crippen molar-refractivity contribution < 1.29 is 4.74 Å². The summed E-state index contributed by atoms with van der Waals surface area (Å²) in [5, 5.41) is 4.23. The average molecular weight is 268 g/mol. The lowest BCUT2D eigenvalue weighted by Crippen LogP contribution is -1.98. The fourth-order valence-corrected chi connectivity index (χ4v) is 1.76. The first-order valence-electron chi connectivity index (χ1n) is 6.87. The number of hydrazone groups is 1. The first kappa shape index (κ1) is 14.1. The molecule has 1 N–H and O–H groups in total.